The van der Waals surface area contributed by atoms with Gasteiger partial charge in [0.05, 0.1) is 12.8 Å². The fraction of sp³-hybridized carbons (Fsp3) is 0.231. The zero-order valence-corrected chi connectivity index (χ0v) is 17.7. The van der Waals surface area contributed by atoms with E-state index in [1.807, 2.05) is 36.4 Å². The average Bonchev–Trinajstić information content (AvgIpc) is 3.15. The normalized spacial score (nSPS) is 16.7. The van der Waals surface area contributed by atoms with Crippen molar-refractivity contribution in [2.24, 2.45) is 0 Å². The summed E-state index contributed by atoms with van der Waals surface area (Å²) in [4.78, 5) is 26.5. The first-order valence-electron chi connectivity index (χ1n) is 10.6. The molecule has 3 aromatic rings. The number of aryl methyl sites for hydroxylation is 1. The van der Waals surface area contributed by atoms with Crippen LogP contribution in [-0.4, -0.2) is 36.9 Å². The zero-order chi connectivity index (χ0) is 22.2. The summed E-state index contributed by atoms with van der Waals surface area (Å²) in [7, 11) is 1.54. The van der Waals surface area contributed by atoms with Crippen molar-refractivity contribution in [3.05, 3.63) is 83.4 Å². The van der Waals surface area contributed by atoms with Gasteiger partial charge in [0.2, 0.25) is 0 Å². The molecule has 162 valence electrons. The largest absolute Gasteiger partial charge is 0.497 e. The fourth-order valence-electron chi connectivity index (χ4n) is 4.82. The number of ether oxygens (including phenoxy) is 2. The van der Waals surface area contributed by atoms with E-state index in [1.54, 1.807) is 6.07 Å². The van der Waals surface area contributed by atoms with E-state index >= 15 is 0 Å². The Balaban J connectivity index is 1.44. The molecule has 0 spiro atoms. The summed E-state index contributed by atoms with van der Waals surface area (Å²) >= 11 is 0. The molecule has 1 heterocycles. The highest BCUT2D eigenvalue weighted by Crippen LogP contribution is 2.44. The van der Waals surface area contributed by atoms with E-state index in [4.69, 9.17) is 9.47 Å². The van der Waals surface area contributed by atoms with Crippen LogP contribution in [0.4, 0.5) is 10.5 Å². The molecule has 6 nitrogen and oxygen atoms in total. The predicted octanol–water partition coefficient (Wildman–Crippen LogP) is 4.85. The minimum Gasteiger partial charge on any atom is -0.497 e. The van der Waals surface area contributed by atoms with Gasteiger partial charge in [0.25, 0.3) is 0 Å². The summed E-state index contributed by atoms with van der Waals surface area (Å²) in [6.07, 6.45) is 0.246. The van der Waals surface area contributed by atoms with Crippen LogP contribution in [0, 0.1) is 0 Å². The molecule has 0 radical (unpaired) electrons. The topological polar surface area (TPSA) is 76.1 Å². The molecule has 1 aliphatic carbocycles. The molecule has 2 aliphatic rings. The second-order valence-electron chi connectivity index (χ2n) is 8.06. The molecule has 0 fully saturated rings. The first-order valence-corrected chi connectivity index (χ1v) is 10.6. The number of benzene rings is 3. The van der Waals surface area contributed by atoms with E-state index < -0.39 is 18.1 Å². The second kappa shape index (κ2) is 8.04. The number of amides is 1. The van der Waals surface area contributed by atoms with Gasteiger partial charge in [-0.05, 0) is 46.7 Å². The van der Waals surface area contributed by atoms with Crippen LogP contribution in [0.2, 0.25) is 0 Å². The van der Waals surface area contributed by atoms with Gasteiger partial charge in [-0.15, -0.1) is 0 Å². The van der Waals surface area contributed by atoms with Gasteiger partial charge in [0.15, 0.2) is 0 Å². The number of carboxylic acids is 1. The molecule has 0 saturated heterocycles. The van der Waals surface area contributed by atoms with Gasteiger partial charge >= 0.3 is 12.1 Å². The molecular formula is C26H23NO5. The van der Waals surface area contributed by atoms with Gasteiger partial charge in [-0.1, -0.05) is 54.6 Å². The smallest absolute Gasteiger partial charge is 0.415 e. The van der Waals surface area contributed by atoms with Gasteiger partial charge in [-0.3, -0.25) is 4.90 Å². The van der Waals surface area contributed by atoms with E-state index in [2.05, 4.69) is 24.3 Å². The van der Waals surface area contributed by atoms with Crippen LogP contribution in [0.25, 0.3) is 11.1 Å². The van der Waals surface area contributed by atoms with Crippen molar-refractivity contribution in [3.63, 3.8) is 0 Å². The van der Waals surface area contributed by atoms with Crippen molar-refractivity contribution in [3.8, 4) is 16.9 Å². The number of hydrogen-bond donors (Lipinski definition) is 1. The molecule has 0 aromatic heterocycles. The third kappa shape index (κ3) is 3.28. The lowest BCUT2D eigenvalue weighted by Gasteiger charge is -2.34. The minimum atomic E-state index is -1.05. The van der Waals surface area contributed by atoms with E-state index in [1.165, 1.54) is 12.0 Å². The summed E-state index contributed by atoms with van der Waals surface area (Å²) < 4.78 is 11.1. The number of carbonyl (C=O) groups excluding carboxylic acids is 1. The molecule has 1 aliphatic heterocycles. The number of fused-ring (bicyclic) bond motifs is 4. The van der Waals surface area contributed by atoms with E-state index in [0.29, 0.717) is 24.3 Å². The van der Waals surface area contributed by atoms with E-state index in [0.717, 1.165) is 27.8 Å². The highest BCUT2D eigenvalue weighted by molar-refractivity contribution is 5.97. The zero-order valence-electron chi connectivity index (χ0n) is 17.7. The van der Waals surface area contributed by atoms with Crippen molar-refractivity contribution in [1.29, 1.82) is 0 Å². The Morgan fingerprint density at radius 3 is 2.28 bits per heavy atom. The highest BCUT2D eigenvalue weighted by atomic mass is 16.6. The van der Waals surface area contributed by atoms with Gasteiger partial charge in [-0.2, -0.15) is 0 Å². The van der Waals surface area contributed by atoms with Crippen molar-refractivity contribution >= 4 is 17.7 Å². The Kier molecular flexibility index (Phi) is 5.05. The first-order chi connectivity index (χ1) is 15.6. The number of carboxylic acid groups (broad SMARTS) is 1. The molecule has 3 aromatic carbocycles. The fourth-order valence-corrected chi connectivity index (χ4v) is 4.82. The molecule has 5 rings (SSSR count). The van der Waals surface area contributed by atoms with E-state index in [-0.39, 0.29) is 12.5 Å². The molecule has 1 amide bonds. The van der Waals surface area contributed by atoms with Crippen molar-refractivity contribution < 1.29 is 24.2 Å². The first kappa shape index (κ1) is 20.1. The lowest BCUT2D eigenvalue weighted by Crippen LogP contribution is -2.48. The number of carbonyl (C=O) groups is 2. The van der Waals surface area contributed by atoms with Crippen LogP contribution in [0.3, 0.4) is 0 Å². The molecule has 0 saturated carbocycles. The highest BCUT2D eigenvalue weighted by Gasteiger charge is 2.38. The monoisotopic (exact) mass is 429 g/mol. The third-order valence-electron chi connectivity index (χ3n) is 6.37. The number of hydrogen-bond acceptors (Lipinski definition) is 4. The Bertz CT molecular complexity index is 1160. The molecule has 1 N–H and O–H groups in total. The summed E-state index contributed by atoms with van der Waals surface area (Å²) in [5, 5.41) is 9.77. The summed E-state index contributed by atoms with van der Waals surface area (Å²) in [6.45, 7) is 0.134. The maximum Gasteiger partial charge on any atom is 0.415 e. The minimum absolute atomic E-state index is 0.0933. The van der Waals surface area contributed by atoms with Crippen molar-refractivity contribution in [2.75, 3.05) is 18.6 Å². The van der Waals surface area contributed by atoms with Crippen molar-refractivity contribution in [1.82, 2.24) is 0 Å². The van der Waals surface area contributed by atoms with Crippen LogP contribution in [0.1, 0.15) is 29.0 Å². The molecule has 1 unspecified atom stereocenters. The van der Waals surface area contributed by atoms with Crippen LogP contribution >= 0.6 is 0 Å². The summed E-state index contributed by atoms with van der Waals surface area (Å²) in [6, 6.07) is 20.6. The average molecular weight is 429 g/mol. The van der Waals surface area contributed by atoms with Gasteiger partial charge in [0.1, 0.15) is 18.4 Å². The van der Waals surface area contributed by atoms with E-state index in [9.17, 15) is 14.7 Å². The number of rotatable bonds is 4. The molecule has 32 heavy (non-hydrogen) atoms. The molecular weight excluding hydrogens is 406 g/mol. The number of aliphatic carboxylic acids is 1. The number of anilines is 1. The lowest BCUT2D eigenvalue weighted by atomic mass is 9.96. The Morgan fingerprint density at radius 2 is 1.66 bits per heavy atom. The van der Waals surface area contributed by atoms with Gasteiger partial charge in [0, 0.05) is 12.0 Å². The SMILES string of the molecule is COc1ccc2c(c1)N(C(=O)OCC1c3ccccc3-c3ccccc31)C(C(=O)O)CC2. The lowest BCUT2D eigenvalue weighted by molar-refractivity contribution is -0.138. The third-order valence-corrected chi connectivity index (χ3v) is 6.37. The second-order valence-corrected chi connectivity index (χ2v) is 8.06. The number of nitrogens with zero attached hydrogens (tertiary/aromatic N) is 1. The Hall–Kier alpha value is -3.80. The van der Waals surface area contributed by atoms with Gasteiger partial charge in [-0.25, -0.2) is 9.59 Å². The molecule has 1 atom stereocenters. The number of methoxy groups -OCH3 is 1. The van der Waals surface area contributed by atoms with Crippen LogP contribution in [-0.2, 0) is 16.0 Å². The maximum atomic E-state index is 13.3. The Morgan fingerprint density at radius 1 is 1.00 bits per heavy atom. The van der Waals surface area contributed by atoms with Gasteiger partial charge < -0.3 is 14.6 Å². The predicted molar refractivity (Wildman–Crippen MR) is 120 cm³/mol. The van der Waals surface area contributed by atoms with Crippen LogP contribution < -0.4 is 9.64 Å². The Labute approximate surface area is 186 Å². The quantitative estimate of drug-likeness (QED) is 0.642. The maximum absolute atomic E-state index is 13.3. The molecule has 6 heteroatoms. The standard InChI is InChI=1S/C26H23NO5/c1-31-17-12-10-16-11-13-23(25(28)29)27(24(16)14-17)26(30)32-15-22-20-8-4-2-6-18(20)19-7-3-5-9-21(19)22/h2-10,12,14,22-23H,11,13,15H2,1H3,(H,28,29). The summed E-state index contributed by atoms with van der Waals surface area (Å²) in [5.74, 6) is -0.581. The van der Waals surface area contributed by atoms with Crippen molar-refractivity contribution in [2.45, 2.75) is 24.8 Å². The summed E-state index contributed by atoms with van der Waals surface area (Å²) in [5.41, 5.74) is 5.92. The van der Waals surface area contributed by atoms with Crippen LogP contribution in [0.15, 0.2) is 66.7 Å². The molecule has 0 bridgehead atoms. The van der Waals surface area contributed by atoms with Crippen LogP contribution in [0.5, 0.6) is 5.75 Å².